The van der Waals surface area contributed by atoms with Crippen molar-refractivity contribution in [2.75, 3.05) is 6.54 Å². The van der Waals surface area contributed by atoms with E-state index in [1.54, 1.807) is 10.4 Å². The minimum Gasteiger partial charge on any atom is -0.207 e. The maximum Gasteiger partial charge on any atom is 0.243 e. The van der Waals surface area contributed by atoms with Gasteiger partial charge in [-0.25, -0.2) is 8.42 Å². The van der Waals surface area contributed by atoms with E-state index >= 15 is 0 Å². The van der Waals surface area contributed by atoms with Crippen molar-refractivity contribution in [3.63, 3.8) is 0 Å². The molecule has 0 radical (unpaired) electrons. The summed E-state index contributed by atoms with van der Waals surface area (Å²) in [5, 5.41) is 0. The van der Waals surface area contributed by atoms with Crippen molar-refractivity contribution < 1.29 is 8.42 Å². The zero-order chi connectivity index (χ0) is 14.0. The summed E-state index contributed by atoms with van der Waals surface area (Å²) in [7, 11) is -3.37. The highest BCUT2D eigenvalue weighted by Gasteiger charge is 2.33. The summed E-state index contributed by atoms with van der Waals surface area (Å²) in [4.78, 5) is 0.433. The van der Waals surface area contributed by atoms with E-state index in [1.807, 2.05) is 19.1 Å². The zero-order valence-corrected chi connectivity index (χ0v) is 13.8. The predicted octanol–water partition coefficient (Wildman–Crippen LogP) is 3.71. The largest absolute Gasteiger partial charge is 0.243 e. The van der Waals surface area contributed by atoms with Crippen LogP contribution >= 0.6 is 15.9 Å². The van der Waals surface area contributed by atoms with E-state index in [-0.39, 0.29) is 6.04 Å². The predicted molar refractivity (Wildman–Crippen MR) is 80.7 cm³/mol. The molecular formula is C14H20BrNO2S. The molecule has 0 aliphatic carbocycles. The Hall–Kier alpha value is -0.390. The Balaban J connectivity index is 2.43. The van der Waals surface area contributed by atoms with Crippen LogP contribution in [-0.2, 0) is 10.0 Å². The van der Waals surface area contributed by atoms with Gasteiger partial charge in [-0.3, -0.25) is 0 Å². The van der Waals surface area contributed by atoms with Gasteiger partial charge in [0.05, 0.1) is 4.90 Å². The summed E-state index contributed by atoms with van der Waals surface area (Å²) >= 11 is 3.36. The van der Waals surface area contributed by atoms with E-state index in [1.165, 1.54) is 0 Å². The van der Waals surface area contributed by atoms with Crippen molar-refractivity contribution in [2.45, 2.75) is 50.5 Å². The minimum absolute atomic E-state index is 0.150. The zero-order valence-electron chi connectivity index (χ0n) is 11.4. The molecule has 0 bridgehead atoms. The Morgan fingerprint density at radius 3 is 2.79 bits per heavy atom. The average Bonchev–Trinajstić information content (AvgIpc) is 2.41. The van der Waals surface area contributed by atoms with Crippen LogP contribution in [0.5, 0.6) is 0 Å². The molecule has 0 unspecified atom stereocenters. The standard InChI is InChI=1S/C14H20BrNO2S/c1-3-13-6-4-5-9-16(13)19(17,18)14-10-12(15)8-7-11(14)2/h7-8,10,13H,3-6,9H2,1-2H3/t13-/m0/s1. The topological polar surface area (TPSA) is 37.4 Å². The molecule has 1 aliphatic heterocycles. The second-order valence-electron chi connectivity index (χ2n) is 5.08. The summed E-state index contributed by atoms with van der Waals surface area (Å²) in [5.41, 5.74) is 0.809. The van der Waals surface area contributed by atoms with E-state index in [0.717, 1.165) is 35.7 Å². The summed E-state index contributed by atoms with van der Waals surface area (Å²) < 4.78 is 28.2. The van der Waals surface area contributed by atoms with Gasteiger partial charge in [-0.1, -0.05) is 35.3 Å². The number of piperidine rings is 1. The highest BCUT2D eigenvalue weighted by molar-refractivity contribution is 9.10. The second kappa shape index (κ2) is 5.94. The van der Waals surface area contributed by atoms with Crippen LogP contribution in [0, 0.1) is 6.92 Å². The first-order valence-corrected chi connectivity index (χ1v) is 8.98. The molecule has 0 N–H and O–H groups in total. The first kappa shape index (κ1) is 15.0. The van der Waals surface area contributed by atoms with Gasteiger partial charge in [0.2, 0.25) is 10.0 Å². The van der Waals surface area contributed by atoms with Crippen molar-refractivity contribution in [2.24, 2.45) is 0 Å². The van der Waals surface area contributed by atoms with Gasteiger partial charge in [0.1, 0.15) is 0 Å². The molecule has 1 atom stereocenters. The fourth-order valence-electron chi connectivity index (χ4n) is 2.68. The lowest BCUT2D eigenvalue weighted by atomic mass is 10.0. The second-order valence-corrected chi connectivity index (χ2v) is 7.86. The first-order valence-electron chi connectivity index (χ1n) is 6.75. The van der Waals surface area contributed by atoms with E-state index in [9.17, 15) is 8.42 Å². The van der Waals surface area contributed by atoms with Gasteiger partial charge in [0, 0.05) is 17.1 Å². The van der Waals surface area contributed by atoms with Crippen LogP contribution in [0.3, 0.4) is 0 Å². The fraction of sp³-hybridized carbons (Fsp3) is 0.571. The van der Waals surface area contributed by atoms with Gasteiger partial charge in [-0.05, 0) is 43.9 Å². The molecule has 1 heterocycles. The molecule has 3 nitrogen and oxygen atoms in total. The number of sulfonamides is 1. The van der Waals surface area contributed by atoms with Gasteiger partial charge in [-0.15, -0.1) is 0 Å². The van der Waals surface area contributed by atoms with E-state index < -0.39 is 10.0 Å². The molecule has 0 spiro atoms. The molecule has 0 aromatic heterocycles. The van der Waals surface area contributed by atoms with Crippen molar-refractivity contribution >= 4 is 26.0 Å². The third-order valence-electron chi connectivity index (χ3n) is 3.78. The summed E-state index contributed by atoms with van der Waals surface area (Å²) in [5.74, 6) is 0. The number of halogens is 1. The molecule has 2 rings (SSSR count). The molecule has 106 valence electrons. The third kappa shape index (κ3) is 3.03. The molecule has 1 aromatic carbocycles. The molecule has 19 heavy (non-hydrogen) atoms. The van der Waals surface area contributed by atoms with E-state index in [2.05, 4.69) is 22.9 Å². The maximum atomic E-state index is 12.8. The van der Waals surface area contributed by atoms with Crippen molar-refractivity contribution in [1.82, 2.24) is 4.31 Å². The fourth-order valence-corrected chi connectivity index (χ4v) is 5.21. The summed E-state index contributed by atoms with van der Waals surface area (Å²) in [6.45, 7) is 4.56. The lowest BCUT2D eigenvalue weighted by Crippen LogP contribution is -2.43. The Kier molecular flexibility index (Phi) is 4.69. The summed E-state index contributed by atoms with van der Waals surface area (Å²) in [6.07, 6.45) is 3.94. The number of aryl methyl sites for hydroxylation is 1. The number of benzene rings is 1. The molecular weight excluding hydrogens is 326 g/mol. The lowest BCUT2D eigenvalue weighted by Gasteiger charge is -2.34. The van der Waals surface area contributed by atoms with Crippen LogP contribution in [0.4, 0.5) is 0 Å². The molecule has 1 aromatic rings. The van der Waals surface area contributed by atoms with Crippen LogP contribution in [0.1, 0.15) is 38.2 Å². The number of nitrogens with zero attached hydrogens (tertiary/aromatic N) is 1. The van der Waals surface area contributed by atoms with E-state index in [0.29, 0.717) is 11.4 Å². The Bertz CT molecular complexity index is 557. The Labute approximate surface area is 124 Å². The van der Waals surface area contributed by atoms with Gasteiger partial charge in [0.25, 0.3) is 0 Å². The van der Waals surface area contributed by atoms with Crippen molar-refractivity contribution in [1.29, 1.82) is 0 Å². The molecule has 1 fully saturated rings. The highest BCUT2D eigenvalue weighted by Crippen LogP contribution is 2.29. The van der Waals surface area contributed by atoms with Crippen LogP contribution in [0.15, 0.2) is 27.6 Å². The van der Waals surface area contributed by atoms with Gasteiger partial charge in [0.15, 0.2) is 0 Å². The molecule has 1 aliphatic rings. The van der Waals surface area contributed by atoms with Crippen molar-refractivity contribution in [3.8, 4) is 0 Å². The molecule has 5 heteroatoms. The van der Waals surface area contributed by atoms with Gasteiger partial charge < -0.3 is 0 Å². The minimum atomic E-state index is -3.37. The number of hydrogen-bond donors (Lipinski definition) is 0. The van der Waals surface area contributed by atoms with Crippen LogP contribution in [0.25, 0.3) is 0 Å². The number of rotatable bonds is 3. The Morgan fingerprint density at radius 1 is 1.37 bits per heavy atom. The van der Waals surface area contributed by atoms with Crippen LogP contribution < -0.4 is 0 Å². The van der Waals surface area contributed by atoms with E-state index in [4.69, 9.17) is 0 Å². The number of hydrogen-bond acceptors (Lipinski definition) is 2. The highest BCUT2D eigenvalue weighted by atomic mass is 79.9. The van der Waals surface area contributed by atoms with Gasteiger partial charge in [-0.2, -0.15) is 4.31 Å². The smallest absolute Gasteiger partial charge is 0.207 e. The maximum absolute atomic E-state index is 12.8. The molecule has 0 amide bonds. The lowest BCUT2D eigenvalue weighted by molar-refractivity contribution is 0.246. The first-order chi connectivity index (χ1) is 8.96. The summed E-state index contributed by atoms with van der Waals surface area (Å²) in [6, 6.07) is 5.59. The molecule has 0 saturated carbocycles. The normalized spacial score (nSPS) is 21.5. The monoisotopic (exact) mass is 345 g/mol. The quantitative estimate of drug-likeness (QED) is 0.837. The third-order valence-corrected chi connectivity index (χ3v) is 6.37. The van der Waals surface area contributed by atoms with Crippen LogP contribution in [-0.4, -0.2) is 25.3 Å². The molecule has 1 saturated heterocycles. The SMILES string of the molecule is CC[C@H]1CCCCN1S(=O)(=O)c1cc(Br)ccc1C. The van der Waals surface area contributed by atoms with Crippen LogP contribution in [0.2, 0.25) is 0 Å². The van der Waals surface area contributed by atoms with Crippen molar-refractivity contribution in [3.05, 3.63) is 28.2 Å². The average molecular weight is 346 g/mol. The Morgan fingerprint density at radius 2 is 2.11 bits per heavy atom. The van der Waals surface area contributed by atoms with Gasteiger partial charge >= 0.3 is 0 Å².